The summed E-state index contributed by atoms with van der Waals surface area (Å²) in [5.41, 5.74) is 1.33. The lowest BCUT2D eigenvalue weighted by atomic mass is 9.95. The number of pyridine rings is 1. The van der Waals surface area contributed by atoms with Gasteiger partial charge in [-0.2, -0.15) is 4.98 Å². The Bertz CT molecular complexity index is 1630. The van der Waals surface area contributed by atoms with Crippen LogP contribution in [0.15, 0.2) is 30.6 Å². The van der Waals surface area contributed by atoms with Crippen molar-refractivity contribution in [2.75, 3.05) is 32.5 Å². The molecule has 45 heavy (non-hydrogen) atoms. The van der Waals surface area contributed by atoms with Gasteiger partial charge in [-0.05, 0) is 82.9 Å². The van der Waals surface area contributed by atoms with Crippen LogP contribution in [0, 0.1) is 11.8 Å². The molecule has 5 heterocycles. The van der Waals surface area contributed by atoms with Crippen LogP contribution in [0.5, 0.6) is 0 Å². The number of fused-ring (bicyclic) bond motifs is 5. The van der Waals surface area contributed by atoms with Crippen LogP contribution < -0.4 is 5.32 Å². The number of likely N-dealkylation sites (tertiary alicyclic amines) is 1. The molecule has 3 aromatic rings. The summed E-state index contributed by atoms with van der Waals surface area (Å²) in [5.74, 6) is 2.04. The Morgan fingerprint density at radius 2 is 1.73 bits per heavy atom. The molecule has 5 atom stereocenters. The summed E-state index contributed by atoms with van der Waals surface area (Å²) in [6.45, 7) is 6.55. The molecular weight excluding hydrogens is 572 g/mol. The number of hydrogen-bond donors (Lipinski definition) is 1. The Morgan fingerprint density at radius 1 is 0.978 bits per heavy atom. The molecule has 4 fully saturated rings. The third-order valence-electron chi connectivity index (χ3n) is 9.86. The second-order valence-electron chi connectivity index (χ2n) is 14.4. The summed E-state index contributed by atoms with van der Waals surface area (Å²) in [6.07, 6.45) is 9.48. The zero-order valence-electron chi connectivity index (χ0n) is 26.7. The average molecular weight is 615 g/mol. The fraction of sp³-hybridized carbons (Fsp3) is 0.576. The molecule has 0 aromatic carbocycles. The van der Waals surface area contributed by atoms with E-state index in [1.165, 1.54) is 19.3 Å². The topological polar surface area (TPSA) is 126 Å². The summed E-state index contributed by atoms with van der Waals surface area (Å²) in [5, 5.41) is 4.03. The minimum Gasteiger partial charge on any atom is -0.444 e. The van der Waals surface area contributed by atoms with Gasteiger partial charge in [0.1, 0.15) is 22.8 Å². The predicted octanol–water partition coefficient (Wildman–Crippen LogP) is 4.86. The van der Waals surface area contributed by atoms with Gasteiger partial charge in [-0.1, -0.05) is 6.42 Å². The monoisotopic (exact) mass is 614 g/mol. The number of anilines is 2. The summed E-state index contributed by atoms with van der Waals surface area (Å²) < 4.78 is 7.78. The van der Waals surface area contributed by atoms with Gasteiger partial charge in [-0.25, -0.2) is 14.8 Å². The fourth-order valence-corrected chi connectivity index (χ4v) is 7.90. The van der Waals surface area contributed by atoms with E-state index in [4.69, 9.17) is 9.72 Å². The zero-order valence-corrected chi connectivity index (χ0v) is 26.7. The van der Waals surface area contributed by atoms with Crippen molar-refractivity contribution >= 4 is 40.7 Å². The highest BCUT2D eigenvalue weighted by Gasteiger charge is 2.46. The van der Waals surface area contributed by atoms with E-state index >= 15 is 0 Å². The van der Waals surface area contributed by atoms with Crippen LogP contribution in [0.2, 0.25) is 0 Å². The Kier molecular flexibility index (Phi) is 7.20. The Hall–Kier alpha value is -4.22. The minimum atomic E-state index is -0.560. The molecule has 2 aliphatic heterocycles. The number of nitrogens with zero attached hydrogens (tertiary/aromatic N) is 7. The van der Waals surface area contributed by atoms with Crippen LogP contribution >= 0.6 is 0 Å². The standard InChI is InChI=1S/C33H42N8O4/c1-33(2,3)45-32(44)40-23-9-10-24(40)18-39(17-23)29(42)21-8-11-27(34-15-21)36-31-35-16-22-14-26(30(43)38(4)5)41(28(22)37-31)25-13-19-6-7-20(25)12-19/h8,11,14-16,19-20,23-25H,6-7,9-10,12-13,17-18H2,1-5H3,(H,34,35,36,37)/t19-,20+,23?,24?,25?/m1/s1. The van der Waals surface area contributed by atoms with Gasteiger partial charge in [0.25, 0.3) is 11.8 Å². The van der Waals surface area contributed by atoms with E-state index in [-0.39, 0.29) is 36.0 Å². The third-order valence-corrected chi connectivity index (χ3v) is 9.86. The number of carbonyl (C=O) groups is 3. The second-order valence-corrected chi connectivity index (χ2v) is 14.4. The molecule has 238 valence electrons. The second kappa shape index (κ2) is 11.0. The van der Waals surface area contributed by atoms with E-state index in [2.05, 4.69) is 19.9 Å². The van der Waals surface area contributed by atoms with Crippen LogP contribution in [0.25, 0.3) is 11.0 Å². The molecule has 4 bridgehead atoms. The maximum Gasteiger partial charge on any atom is 0.410 e. The van der Waals surface area contributed by atoms with Crippen molar-refractivity contribution in [1.29, 1.82) is 0 Å². The SMILES string of the molecule is CN(C)C(=O)c1cc2cnc(Nc3ccc(C(=O)N4CC5CCC(C4)N5C(=O)OC(C)(C)C)cn3)nc2n1C1C[C@@H]2CC[C@H]1C2. The van der Waals surface area contributed by atoms with Gasteiger partial charge in [0.05, 0.1) is 17.6 Å². The first-order chi connectivity index (χ1) is 21.4. The highest BCUT2D eigenvalue weighted by Crippen LogP contribution is 2.52. The first kappa shape index (κ1) is 29.5. The van der Waals surface area contributed by atoms with E-state index in [1.54, 1.807) is 43.5 Å². The number of carbonyl (C=O) groups excluding carboxylic acids is 3. The molecule has 1 N–H and O–H groups in total. The molecule has 2 aliphatic carbocycles. The maximum atomic E-state index is 13.4. The van der Waals surface area contributed by atoms with Crippen LogP contribution in [-0.2, 0) is 4.74 Å². The first-order valence-electron chi connectivity index (χ1n) is 16.1. The molecule has 0 spiro atoms. The smallest absolute Gasteiger partial charge is 0.410 e. The number of nitrogens with one attached hydrogen (secondary N) is 1. The Labute approximate surface area is 263 Å². The van der Waals surface area contributed by atoms with Gasteiger partial charge in [0.2, 0.25) is 5.95 Å². The highest BCUT2D eigenvalue weighted by atomic mass is 16.6. The van der Waals surface area contributed by atoms with Crippen molar-refractivity contribution in [3.8, 4) is 0 Å². The van der Waals surface area contributed by atoms with Crippen LogP contribution in [0.4, 0.5) is 16.6 Å². The Balaban J connectivity index is 1.07. The summed E-state index contributed by atoms with van der Waals surface area (Å²) >= 11 is 0. The molecule has 3 unspecified atom stereocenters. The average Bonchev–Trinajstić information content (AvgIpc) is 3.77. The number of ether oxygens (including phenoxy) is 1. The van der Waals surface area contributed by atoms with Crippen molar-refractivity contribution in [2.45, 2.75) is 83.0 Å². The highest BCUT2D eigenvalue weighted by molar-refractivity contribution is 5.98. The van der Waals surface area contributed by atoms with Gasteiger partial charge >= 0.3 is 6.09 Å². The van der Waals surface area contributed by atoms with Gasteiger partial charge in [-0.15, -0.1) is 0 Å². The van der Waals surface area contributed by atoms with E-state index in [0.29, 0.717) is 47.9 Å². The van der Waals surface area contributed by atoms with Crippen molar-refractivity contribution in [2.24, 2.45) is 11.8 Å². The van der Waals surface area contributed by atoms with Gasteiger partial charge in [-0.3, -0.25) is 14.5 Å². The van der Waals surface area contributed by atoms with E-state index in [9.17, 15) is 14.4 Å². The van der Waals surface area contributed by atoms with E-state index in [1.807, 2.05) is 36.6 Å². The molecule has 3 aromatic heterocycles. The van der Waals surface area contributed by atoms with Crippen molar-refractivity contribution < 1.29 is 19.1 Å². The quantitative estimate of drug-likeness (QED) is 0.432. The maximum absolute atomic E-state index is 13.4. The van der Waals surface area contributed by atoms with Gasteiger partial charge in [0.15, 0.2) is 0 Å². The molecule has 3 amide bonds. The number of rotatable bonds is 5. The van der Waals surface area contributed by atoms with Crippen molar-refractivity contribution in [3.05, 3.63) is 41.9 Å². The fourth-order valence-electron chi connectivity index (χ4n) is 7.90. The molecular formula is C33H42N8O4. The number of aromatic nitrogens is 4. The number of amides is 3. The lowest BCUT2D eigenvalue weighted by molar-refractivity contribution is -0.00336. The number of piperazine rings is 1. The first-order valence-corrected chi connectivity index (χ1v) is 16.1. The minimum absolute atomic E-state index is 0.0357. The third kappa shape index (κ3) is 5.48. The molecule has 0 radical (unpaired) electrons. The van der Waals surface area contributed by atoms with Crippen molar-refractivity contribution in [1.82, 2.24) is 34.2 Å². The molecule has 7 rings (SSSR count). The van der Waals surface area contributed by atoms with Gasteiger partial charge in [0, 0.05) is 51.0 Å². The number of hydrogen-bond acceptors (Lipinski definition) is 8. The van der Waals surface area contributed by atoms with Crippen LogP contribution in [0.3, 0.4) is 0 Å². The molecule has 4 aliphatic rings. The molecule has 2 saturated heterocycles. The zero-order chi connectivity index (χ0) is 31.6. The summed E-state index contributed by atoms with van der Waals surface area (Å²) in [4.78, 5) is 58.6. The normalized spacial score (nSPS) is 25.6. The predicted molar refractivity (Wildman–Crippen MR) is 168 cm³/mol. The molecule has 12 heteroatoms. The molecule has 2 saturated carbocycles. The largest absolute Gasteiger partial charge is 0.444 e. The van der Waals surface area contributed by atoms with E-state index < -0.39 is 5.60 Å². The summed E-state index contributed by atoms with van der Waals surface area (Å²) in [7, 11) is 3.55. The van der Waals surface area contributed by atoms with E-state index in [0.717, 1.165) is 30.3 Å². The van der Waals surface area contributed by atoms with Crippen molar-refractivity contribution in [3.63, 3.8) is 0 Å². The van der Waals surface area contributed by atoms with Crippen LogP contribution in [0.1, 0.15) is 86.2 Å². The lowest BCUT2D eigenvalue weighted by Crippen LogP contribution is -2.57. The molecule has 12 nitrogen and oxygen atoms in total. The lowest BCUT2D eigenvalue weighted by Gasteiger charge is -2.41. The summed E-state index contributed by atoms with van der Waals surface area (Å²) in [6, 6.07) is 5.58. The van der Waals surface area contributed by atoms with Crippen LogP contribution in [-0.4, -0.2) is 97.0 Å². The van der Waals surface area contributed by atoms with Gasteiger partial charge < -0.3 is 24.4 Å². The Morgan fingerprint density at radius 3 is 2.33 bits per heavy atom.